The molecule has 0 bridgehead atoms. The van der Waals surface area contributed by atoms with Gasteiger partial charge in [-0.3, -0.25) is 19.7 Å². The van der Waals surface area contributed by atoms with Crippen LogP contribution < -0.4 is 9.47 Å². The Kier molecular flexibility index (Phi) is 9.13. The zero-order chi connectivity index (χ0) is 35.3. The number of ketones is 2. The van der Waals surface area contributed by atoms with Gasteiger partial charge in [0, 0.05) is 59.5 Å². The van der Waals surface area contributed by atoms with Gasteiger partial charge < -0.3 is 14.4 Å². The van der Waals surface area contributed by atoms with Gasteiger partial charge in [0.05, 0.1) is 17.6 Å². The summed E-state index contributed by atoms with van der Waals surface area (Å²) in [6.45, 7) is 14.9. The van der Waals surface area contributed by atoms with Crippen molar-refractivity contribution >= 4 is 17.3 Å². The number of nitrogens with zero attached hydrogens (tertiary/aromatic N) is 2. The van der Waals surface area contributed by atoms with E-state index in [4.69, 9.17) is 9.47 Å². The lowest BCUT2D eigenvalue weighted by molar-refractivity contribution is -0.385. The number of rotatable bonds is 9. The van der Waals surface area contributed by atoms with E-state index >= 15 is 0 Å². The average Bonchev–Trinajstić information content (AvgIpc) is 2.97. The predicted molar refractivity (Wildman–Crippen MR) is 175 cm³/mol. The van der Waals surface area contributed by atoms with E-state index in [1.54, 1.807) is 18.2 Å². The fraction of sp³-hybridized carbons (Fsp3) is 0.459. The second-order valence-electron chi connectivity index (χ2n) is 14.4. The SMILES string of the molecule is C=CCc1cc(C2C3=C(CC(C)(C)CC3=O)N(CCC)C3=C2C(=O)CC(C)(C)C3)cc(OC)c1Oc1ccc(C(F)(F)F)cc1[N+](=O)[O-]. The maximum Gasteiger partial charge on any atom is 0.416 e. The lowest BCUT2D eigenvalue weighted by atomic mass is 9.63. The molecule has 256 valence electrons. The fourth-order valence-electron chi connectivity index (χ4n) is 7.33. The van der Waals surface area contributed by atoms with Crippen LogP contribution in [0, 0.1) is 20.9 Å². The van der Waals surface area contributed by atoms with Crippen molar-refractivity contribution in [1.82, 2.24) is 4.90 Å². The lowest BCUT2D eigenvalue weighted by Gasteiger charge is -2.49. The fourth-order valence-corrected chi connectivity index (χ4v) is 7.33. The molecule has 2 aromatic carbocycles. The average molecular weight is 667 g/mol. The molecule has 0 unspecified atom stereocenters. The number of alkyl halides is 3. The Morgan fingerprint density at radius 2 is 1.56 bits per heavy atom. The minimum absolute atomic E-state index is 0.0264. The molecular weight excluding hydrogens is 625 g/mol. The summed E-state index contributed by atoms with van der Waals surface area (Å²) in [6, 6.07) is 5.50. The Morgan fingerprint density at radius 3 is 2.04 bits per heavy atom. The monoisotopic (exact) mass is 666 g/mol. The molecule has 5 rings (SSSR count). The summed E-state index contributed by atoms with van der Waals surface area (Å²) in [4.78, 5) is 41.4. The van der Waals surface area contributed by atoms with Crippen molar-refractivity contribution in [3.05, 3.63) is 92.3 Å². The van der Waals surface area contributed by atoms with Gasteiger partial charge >= 0.3 is 11.9 Å². The molecule has 0 saturated carbocycles. The second-order valence-corrected chi connectivity index (χ2v) is 14.4. The number of Topliss-reactive ketones (excluding diaryl/α,β-unsaturated/α-hetero) is 2. The molecule has 0 spiro atoms. The highest BCUT2D eigenvalue weighted by molar-refractivity contribution is 6.07. The third kappa shape index (κ3) is 6.51. The number of nitro groups is 1. The van der Waals surface area contributed by atoms with E-state index in [9.17, 15) is 32.9 Å². The Morgan fingerprint density at radius 1 is 0.979 bits per heavy atom. The largest absolute Gasteiger partial charge is 0.493 e. The third-order valence-corrected chi connectivity index (χ3v) is 9.24. The quantitative estimate of drug-likeness (QED) is 0.149. The molecule has 1 heterocycles. The number of carbonyl (C=O) groups is 2. The first-order valence-corrected chi connectivity index (χ1v) is 16.1. The molecule has 48 heavy (non-hydrogen) atoms. The molecule has 0 N–H and O–H groups in total. The topological polar surface area (TPSA) is 99.0 Å². The van der Waals surface area contributed by atoms with Crippen LogP contribution in [0.25, 0.3) is 0 Å². The standard InChI is InChI=1S/C37H41F3N2O6/c1-8-10-21-14-22(15-30(47-7)34(21)48-29-12-11-23(37(38,39)40)16-24(29)42(45)46)31-32-25(17-35(3,4)19-27(32)43)41(13-9-2)26-18-36(5,6)20-28(44)33(26)31/h8,11-12,14-16,31H,1,9-10,13,17-20H2,2-7H3. The number of allylic oxidation sites excluding steroid dienone is 5. The van der Waals surface area contributed by atoms with Crippen molar-refractivity contribution in [1.29, 1.82) is 0 Å². The van der Waals surface area contributed by atoms with Gasteiger partial charge in [0.2, 0.25) is 5.75 Å². The Balaban J connectivity index is 1.74. The van der Waals surface area contributed by atoms with E-state index in [1.165, 1.54) is 7.11 Å². The number of methoxy groups -OCH3 is 1. The van der Waals surface area contributed by atoms with Crippen LogP contribution in [-0.4, -0.2) is 35.0 Å². The number of halogens is 3. The molecule has 8 nitrogen and oxygen atoms in total. The molecule has 0 atom stereocenters. The first-order chi connectivity index (χ1) is 22.4. The molecule has 2 aromatic rings. The van der Waals surface area contributed by atoms with Crippen molar-refractivity contribution in [2.24, 2.45) is 10.8 Å². The van der Waals surface area contributed by atoms with Gasteiger partial charge in [0.15, 0.2) is 23.1 Å². The molecule has 0 saturated heterocycles. The molecule has 11 heteroatoms. The van der Waals surface area contributed by atoms with Crippen LogP contribution in [0.4, 0.5) is 18.9 Å². The summed E-state index contributed by atoms with van der Waals surface area (Å²) < 4.78 is 51.9. The molecule has 2 aliphatic carbocycles. The van der Waals surface area contributed by atoms with Crippen molar-refractivity contribution in [2.75, 3.05) is 13.7 Å². The van der Waals surface area contributed by atoms with Crippen molar-refractivity contribution < 1.29 is 37.2 Å². The molecule has 0 aromatic heterocycles. The summed E-state index contributed by atoms with van der Waals surface area (Å²) in [7, 11) is 1.38. The Labute approximate surface area is 278 Å². The van der Waals surface area contributed by atoms with Gasteiger partial charge in [-0.05, 0) is 60.3 Å². The highest BCUT2D eigenvalue weighted by atomic mass is 19.4. The highest BCUT2D eigenvalue weighted by Gasteiger charge is 2.49. The number of ether oxygens (including phenoxy) is 2. The van der Waals surface area contributed by atoms with E-state index in [0.29, 0.717) is 60.6 Å². The molecule has 0 radical (unpaired) electrons. The normalized spacial score (nSPS) is 19.2. The zero-order valence-corrected chi connectivity index (χ0v) is 28.2. The summed E-state index contributed by atoms with van der Waals surface area (Å²) >= 11 is 0. The first kappa shape index (κ1) is 34.9. The van der Waals surface area contributed by atoms with Crippen molar-refractivity contribution in [3.8, 4) is 17.2 Å². The summed E-state index contributed by atoms with van der Waals surface area (Å²) in [5.41, 5.74) is 1.53. The number of hydrogen-bond donors (Lipinski definition) is 0. The van der Waals surface area contributed by atoms with Gasteiger partial charge in [0.1, 0.15) is 0 Å². The van der Waals surface area contributed by atoms with Crippen LogP contribution in [0.15, 0.2) is 65.5 Å². The summed E-state index contributed by atoms with van der Waals surface area (Å²) in [5.74, 6) is -0.930. The zero-order valence-electron chi connectivity index (χ0n) is 28.2. The van der Waals surface area contributed by atoms with Crippen LogP contribution in [0.5, 0.6) is 17.2 Å². The number of benzene rings is 2. The van der Waals surface area contributed by atoms with Crippen LogP contribution >= 0.6 is 0 Å². The molecule has 3 aliphatic rings. The Bertz CT molecular complexity index is 1710. The van der Waals surface area contributed by atoms with Gasteiger partial charge in [0.25, 0.3) is 0 Å². The molecule has 0 amide bonds. The smallest absolute Gasteiger partial charge is 0.416 e. The maximum atomic E-state index is 14.1. The van der Waals surface area contributed by atoms with E-state index in [1.807, 2.05) is 0 Å². The summed E-state index contributed by atoms with van der Waals surface area (Å²) in [5, 5.41) is 11.8. The van der Waals surface area contributed by atoms with Gasteiger partial charge in [-0.1, -0.05) is 46.8 Å². The predicted octanol–water partition coefficient (Wildman–Crippen LogP) is 9.24. The van der Waals surface area contributed by atoms with Crippen LogP contribution in [0.1, 0.15) is 89.3 Å². The van der Waals surface area contributed by atoms with Crippen molar-refractivity contribution in [3.63, 3.8) is 0 Å². The second kappa shape index (κ2) is 12.6. The van der Waals surface area contributed by atoms with E-state index < -0.39 is 34.0 Å². The van der Waals surface area contributed by atoms with E-state index in [0.717, 1.165) is 29.9 Å². The molecular formula is C37H41F3N2O6. The number of hydrogen-bond acceptors (Lipinski definition) is 7. The van der Waals surface area contributed by atoms with Gasteiger partial charge in [-0.25, -0.2) is 0 Å². The lowest BCUT2D eigenvalue weighted by Crippen LogP contribution is -2.44. The van der Waals surface area contributed by atoms with Gasteiger partial charge in [-0.2, -0.15) is 13.2 Å². The highest BCUT2D eigenvalue weighted by Crippen LogP contribution is 2.55. The third-order valence-electron chi connectivity index (χ3n) is 9.24. The minimum Gasteiger partial charge on any atom is -0.493 e. The molecule has 0 fully saturated rings. The maximum absolute atomic E-state index is 14.1. The van der Waals surface area contributed by atoms with Crippen LogP contribution in [0.2, 0.25) is 0 Å². The van der Waals surface area contributed by atoms with E-state index in [2.05, 4.69) is 46.1 Å². The first-order valence-electron chi connectivity index (χ1n) is 16.1. The van der Waals surface area contributed by atoms with E-state index in [-0.39, 0.29) is 40.3 Å². The van der Waals surface area contributed by atoms with Crippen molar-refractivity contribution in [2.45, 2.75) is 85.2 Å². The number of carbonyl (C=O) groups excluding carboxylic acids is 2. The summed E-state index contributed by atoms with van der Waals surface area (Å²) in [6.07, 6.45) is -0.226. The molecule has 1 aliphatic heterocycles. The van der Waals surface area contributed by atoms with Gasteiger partial charge in [-0.15, -0.1) is 6.58 Å². The minimum atomic E-state index is -4.79. The van der Waals surface area contributed by atoms with Crippen LogP contribution in [0.3, 0.4) is 0 Å². The Hall–Kier alpha value is -4.41. The number of nitro benzene ring substituents is 1. The van der Waals surface area contributed by atoms with Crippen LogP contribution in [-0.2, 0) is 22.2 Å².